The zero-order chi connectivity index (χ0) is 26.6. The Labute approximate surface area is 212 Å². The van der Waals surface area contributed by atoms with Crippen molar-refractivity contribution in [3.8, 4) is 0 Å². The van der Waals surface area contributed by atoms with Crippen molar-refractivity contribution in [3.63, 3.8) is 0 Å². The SMILES string of the molecule is CC(C)(C)OC(=O)n1ccc2cc(CB3OC(C)(C)C(C)(C)O3)cc(CO[Si](C)(C)C(C)(C)C)c21. The van der Waals surface area contributed by atoms with Gasteiger partial charge in [-0.25, -0.2) is 4.79 Å². The maximum atomic E-state index is 13.0. The van der Waals surface area contributed by atoms with Crippen LogP contribution in [0.25, 0.3) is 10.9 Å². The Morgan fingerprint density at radius 1 is 1.03 bits per heavy atom. The van der Waals surface area contributed by atoms with Gasteiger partial charge in [-0.3, -0.25) is 4.57 Å². The van der Waals surface area contributed by atoms with E-state index in [-0.39, 0.29) is 29.5 Å². The lowest BCUT2D eigenvalue weighted by Crippen LogP contribution is -2.41. The molecule has 35 heavy (non-hydrogen) atoms. The van der Waals surface area contributed by atoms with Crippen LogP contribution in [0.1, 0.15) is 80.4 Å². The first-order chi connectivity index (χ1) is 15.7. The van der Waals surface area contributed by atoms with Crippen molar-refractivity contribution >= 4 is 32.4 Å². The number of benzene rings is 1. The summed E-state index contributed by atoms with van der Waals surface area (Å²) in [6, 6.07) is 6.20. The van der Waals surface area contributed by atoms with E-state index >= 15 is 0 Å². The van der Waals surface area contributed by atoms with Gasteiger partial charge in [-0.05, 0) is 78.2 Å². The third kappa shape index (κ3) is 6.04. The molecule has 0 radical (unpaired) electrons. The minimum absolute atomic E-state index is 0.0829. The Hall–Kier alpha value is -1.61. The van der Waals surface area contributed by atoms with Gasteiger partial charge in [0.05, 0.1) is 23.3 Å². The fraction of sp³-hybridized carbons (Fsp3) is 0.667. The van der Waals surface area contributed by atoms with Crippen molar-refractivity contribution in [2.24, 2.45) is 0 Å². The number of rotatable bonds is 5. The number of ether oxygens (including phenoxy) is 1. The molecule has 2 aromatic rings. The van der Waals surface area contributed by atoms with Crippen LogP contribution in [-0.4, -0.2) is 42.9 Å². The number of nitrogens with zero attached hydrogens (tertiary/aromatic N) is 1. The molecular weight excluding hydrogens is 457 g/mol. The fourth-order valence-corrected chi connectivity index (χ4v) is 4.79. The number of fused-ring (bicyclic) bond motifs is 1. The summed E-state index contributed by atoms with van der Waals surface area (Å²) in [5, 5.41) is 1.05. The van der Waals surface area contributed by atoms with Crippen LogP contribution in [0.5, 0.6) is 0 Å². The van der Waals surface area contributed by atoms with E-state index in [1.807, 2.05) is 26.8 Å². The quantitative estimate of drug-likeness (QED) is 0.408. The molecule has 8 heteroatoms. The lowest BCUT2D eigenvalue weighted by molar-refractivity contribution is 0.00578. The fourth-order valence-electron chi connectivity index (χ4n) is 3.84. The molecule has 0 amide bonds. The molecule has 194 valence electrons. The number of aromatic nitrogens is 1. The van der Waals surface area contributed by atoms with Crippen molar-refractivity contribution in [2.45, 2.75) is 117 Å². The van der Waals surface area contributed by atoms with E-state index in [1.54, 1.807) is 10.8 Å². The minimum atomic E-state index is -2.00. The van der Waals surface area contributed by atoms with Crippen molar-refractivity contribution in [3.05, 3.63) is 35.5 Å². The predicted molar refractivity (Wildman–Crippen MR) is 145 cm³/mol. The monoisotopic (exact) mass is 501 g/mol. The van der Waals surface area contributed by atoms with Crippen LogP contribution in [0.15, 0.2) is 24.4 Å². The Morgan fingerprint density at radius 2 is 1.60 bits per heavy atom. The first kappa shape index (κ1) is 28.0. The van der Waals surface area contributed by atoms with Crippen LogP contribution in [0.2, 0.25) is 18.1 Å². The zero-order valence-corrected chi connectivity index (χ0v) is 24.8. The highest BCUT2D eigenvalue weighted by Gasteiger charge is 2.50. The molecule has 1 aliphatic rings. The molecular formula is C27H44BNO5Si. The van der Waals surface area contributed by atoms with Gasteiger partial charge in [0.2, 0.25) is 0 Å². The van der Waals surface area contributed by atoms with Gasteiger partial charge in [-0.1, -0.05) is 32.9 Å². The topological polar surface area (TPSA) is 58.9 Å². The van der Waals surface area contributed by atoms with Crippen LogP contribution in [0.3, 0.4) is 0 Å². The van der Waals surface area contributed by atoms with Gasteiger partial charge in [-0.2, -0.15) is 0 Å². The molecule has 0 saturated carbocycles. The molecule has 0 unspecified atom stereocenters. The second-order valence-corrected chi connectivity index (χ2v) is 18.1. The van der Waals surface area contributed by atoms with Crippen molar-refractivity contribution in [1.82, 2.24) is 4.57 Å². The van der Waals surface area contributed by atoms with E-state index in [2.05, 4.69) is 73.7 Å². The first-order valence-corrected chi connectivity index (χ1v) is 15.5. The molecule has 3 rings (SSSR count). The molecule has 1 aromatic heterocycles. The van der Waals surface area contributed by atoms with E-state index in [0.29, 0.717) is 12.9 Å². The summed E-state index contributed by atoms with van der Waals surface area (Å²) in [7, 11) is -2.34. The highest BCUT2D eigenvalue weighted by atomic mass is 28.4. The zero-order valence-electron chi connectivity index (χ0n) is 23.8. The Morgan fingerprint density at radius 3 is 2.11 bits per heavy atom. The van der Waals surface area contributed by atoms with E-state index in [4.69, 9.17) is 18.5 Å². The van der Waals surface area contributed by atoms with E-state index in [1.165, 1.54) is 0 Å². The van der Waals surface area contributed by atoms with Crippen LogP contribution in [0.4, 0.5) is 4.79 Å². The molecule has 0 bridgehead atoms. The van der Waals surface area contributed by atoms with E-state index in [9.17, 15) is 4.79 Å². The average Bonchev–Trinajstić information content (AvgIpc) is 3.15. The summed E-state index contributed by atoms with van der Waals surface area (Å²) >= 11 is 0. The van der Waals surface area contributed by atoms with Crippen LogP contribution >= 0.6 is 0 Å². The number of hydrogen-bond acceptors (Lipinski definition) is 5. The largest absolute Gasteiger partial charge is 0.462 e. The van der Waals surface area contributed by atoms with Gasteiger partial charge in [0.1, 0.15) is 5.60 Å². The smallest absolute Gasteiger partial charge is 0.443 e. The molecule has 1 fully saturated rings. The molecule has 1 aliphatic heterocycles. The summed E-state index contributed by atoms with van der Waals surface area (Å²) in [5.74, 6) is 0. The summed E-state index contributed by atoms with van der Waals surface area (Å²) in [4.78, 5) is 13.0. The predicted octanol–water partition coefficient (Wildman–Crippen LogP) is 7.12. The van der Waals surface area contributed by atoms with E-state index in [0.717, 1.165) is 22.0 Å². The van der Waals surface area contributed by atoms with Gasteiger partial charge in [-0.15, -0.1) is 0 Å². The maximum Gasteiger partial charge on any atom is 0.462 e. The maximum absolute atomic E-state index is 13.0. The molecule has 0 N–H and O–H groups in total. The number of hydrogen-bond donors (Lipinski definition) is 0. The second kappa shape index (κ2) is 9.05. The minimum Gasteiger partial charge on any atom is -0.443 e. The van der Waals surface area contributed by atoms with Crippen molar-refractivity contribution < 1.29 is 23.3 Å². The normalized spacial score (nSPS) is 18.3. The molecule has 6 nitrogen and oxygen atoms in total. The summed E-state index contributed by atoms with van der Waals surface area (Å²) in [6.07, 6.45) is 2.01. The second-order valence-electron chi connectivity index (χ2n) is 13.3. The van der Waals surface area contributed by atoms with Gasteiger partial charge in [0.25, 0.3) is 0 Å². The third-order valence-corrected chi connectivity index (χ3v) is 12.1. The van der Waals surface area contributed by atoms with Crippen LogP contribution in [-0.2, 0) is 31.4 Å². The molecule has 0 atom stereocenters. The first-order valence-electron chi connectivity index (χ1n) is 12.6. The van der Waals surface area contributed by atoms with Crippen molar-refractivity contribution in [1.29, 1.82) is 0 Å². The van der Waals surface area contributed by atoms with Crippen molar-refractivity contribution in [2.75, 3.05) is 0 Å². The average molecular weight is 502 g/mol. The highest BCUT2D eigenvalue weighted by Crippen LogP contribution is 2.39. The molecule has 0 aliphatic carbocycles. The van der Waals surface area contributed by atoms with Gasteiger partial charge in [0, 0.05) is 23.5 Å². The van der Waals surface area contributed by atoms with Gasteiger partial charge >= 0.3 is 13.2 Å². The van der Waals surface area contributed by atoms with Gasteiger partial charge in [0.15, 0.2) is 8.32 Å². The summed E-state index contributed by atoms with van der Waals surface area (Å²) < 4.78 is 26.4. The molecule has 0 spiro atoms. The number of carbonyl (C=O) groups is 1. The third-order valence-electron chi connectivity index (χ3n) is 7.61. The van der Waals surface area contributed by atoms with Crippen LogP contribution in [0, 0.1) is 0 Å². The molecule has 1 saturated heterocycles. The molecule has 2 heterocycles. The Kier molecular flexibility index (Phi) is 7.23. The Balaban J connectivity index is 2.00. The molecule has 1 aromatic carbocycles. The van der Waals surface area contributed by atoms with E-state index < -0.39 is 13.9 Å². The lowest BCUT2D eigenvalue weighted by atomic mass is 9.80. The Bertz CT molecular complexity index is 1080. The van der Waals surface area contributed by atoms with Gasteiger partial charge < -0.3 is 18.5 Å². The lowest BCUT2D eigenvalue weighted by Gasteiger charge is -2.36. The highest BCUT2D eigenvalue weighted by molar-refractivity contribution is 6.74. The number of carbonyl (C=O) groups excluding carboxylic acids is 1. The summed E-state index contributed by atoms with van der Waals surface area (Å²) in [5.41, 5.74) is 1.55. The van der Waals surface area contributed by atoms with Crippen LogP contribution < -0.4 is 0 Å². The summed E-state index contributed by atoms with van der Waals surface area (Å²) in [6.45, 7) is 25.5. The standard InChI is InChI=1S/C27H44BNO5Si/c1-24(2,3)32-23(30)29-14-13-20-15-19(17-28-33-26(7,8)27(9,10)34-28)16-21(22(20)29)18-31-35(11,12)25(4,5)6/h13-16H,17-18H2,1-12H3.